The number of likely N-dealkylation sites (N-methyl/N-ethyl adjacent to an activating group) is 2. The molecule has 0 aromatic heterocycles. The van der Waals surface area contributed by atoms with Crippen LogP contribution in [0.2, 0.25) is 10.0 Å². The van der Waals surface area contributed by atoms with E-state index in [1.807, 2.05) is 62.3 Å². The van der Waals surface area contributed by atoms with E-state index in [1.54, 1.807) is 11.0 Å². The maximum atomic E-state index is 12.9. The fourth-order valence-corrected chi connectivity index (χ4v) is 6.41. The van der Waals surface area contributed by atoms with Gasteiger partial charge in [0.15, 0.2) is 0 Å². The Hall–Kier alpha value is -2.94. The normalized spacial score (nSPS) is 16.3. The number of amides is 1. The van der Waals surface area contributed by atoms with Gasteiger partial charge in [-0.3, -0.25) is 4.79 Å². The first-order chi connectivity index (χ1) is 22.7. The zero-order valence-electron chi connectivity index (χ0n) is 28.0. The minimum Gasteiger partial charge on any atom is -0.393 e. The number of carbonyl (C=O) groups is 2. The summed E-state index contributed by atoms with van der Waals surface area (Å²) in [6.07, 6.45) is 7.15. The number of aliphatic hydroxyl groups is 1. The molecule has 9 heteroatoms. The molecule has 1 aliphatic heterocycles. The lowest BCUT2D eigenvalue weighted by Gasteiger charge is -2.29. The summed E-state index contributed by atoms with van der Waals surface area (Å²) in [5, 5.41) is 13.8. The molecular formula is C38H50Cl2N4O3. The van der Waals surface area contributed by atoms with Gasteiger partial charge in [0, 0.05) is 55.0 Å². The Morgan fingerprint density at radius 3 is 2.15 bits per heavy atom. The smallest absolute Gasteiger partial charge is 0.242 e. The van der Waals surface area contributed by atoms with Gasteiger partial charge in [-0.05, 0) is 105 Å². The van der Waals surface area contributed by atoms with Crippen molar-refractivity contribution >= 4 is 41.1 Å². The van der Waals surface area contributed by atoms with Crippen LogP contribution in [0.15, 0.2) is 66.7 Å². The molecule has 2 aliphatic carbocycles. The number of likely N-dealkylation sites (tertiary alicyclic amines) is 1. The number of carbonyl (C=O) groups excluding carboxylic acids is 2. The van der Waals surface area contributed by atoms with Crippen molar-refractivity contribution in [2.24, 2.45) is 0 Å². The molecule has 2 fully saturated rings. The van der Waals surface area contributed by atoms with Crippen molar-refractivity contribution < 1.29 is 14.7 Å². The molecule has 254 valence electrons. The number of nitrogens with one attached hydrogen (secondary N) is 1. The van der Waals surface area contributed by atoms with Gasteiger partial charge in [0.25, 0.3) is 0 Å². The molecule has 1 amide bonds. The number of hydrogen-bond donors (Lipinski definition) is 2. The van der Waals surface area contributed by atoms with E-state index in [-0.39, 0.29) is 31.1 Å². The molecule has 0 bridgehead atoms. The molecule has 0 atom stereocenters. The highest BCUT2D eigenvalue weighted by molar-refractivity contribution is 6.31. The number of piperidine rings is 1. The Bertz CT molecular complexity index is 1400. The summed E-state index contributed by atoms with van der Waals surface area (Å²) in [4.78, 5) is 30.0. The van der Waals surface area contributed by atoms with Gasteiger partial charge in [0.1, 0.15) is 6.29 Å². The van der Waals surface area contributed by atoms with Crippen molar-refractivity contribution in [3.8, 4) is 0 Å². The monoisotopic (exact) mass is 680 g/mol. The summed E-state index contributed by atoms with van der Waals surface area (Å²) in [6, 6.07) is 22.2. The van der Waals surface area contributed by atoms with Gasteiger partial charge in [0.2, 0.25) is 5.91 Å². The molecule has 2 N–H and O–H groups in total. The average Bonchev–Trinajstić information content (AvgIpc) is 3.84. The summed E-state index contributed by atoms with van der Waals surface area (Å²) < 4.78 is 0. The van der Waals surface area contributed by atoms with Crippen LogP contribution in [0.3, 0.4) is 0 Å². The number of anilines is 1. The number of fused-ring (bicyclic) bond motifs is 1. The highest BCUT2D eigenvalue weighted by Crippen LogP contribution is 2.40. The Morgan fingerprint density at radius 1 is 0.957 bits per heavy atom. The fraction of sp³-hybridized carbons (Fsp3) is 0.474. The fourth-order valence-electron chi connectivity index (χ4n) is 6.11. The number of rotatable bonds is 10. The molecule has 7 nitrogen and oxygen atoms in total. The van der Waals surface area contributed by atoms with Gasteiger partial charge in [-0.15, -0.1) is 0 Å². The number of hydrogen-bond acceptors (Lipinski definition) is 6. The Kier molecular flexibility index (Phi) is 14.6. The molecule has 1 heterocycles. The second-order valence-electron chi connectivity index (χ2n) is 12.8. The Labute approximate surface area is 290 Å². The average molecular weight is 682 g/mol. The largest absolute Gasteiger partial charge is 0.393 e. The third-order valence-corrected chi connectivity index (χ3v) is 9.74. The number of nitrogens with zero attached hydrogens (tertiary/aromatic N) is 3. The third kappa shape index (κ3) is 11.6. The van der Waals surface area contributed by atoms with E-state index in [4.69, 9.17) is 23.2 Å². The third-order valence-electron chi connectivity index (χ3n) is 9.26. The molecule has 3 aromatic rings. The summed E-state index contributed by atoms with van der Waals surface area (Å²) in [5.74, 6) is 0.848. The lowest BCUT2D eigenvalue weighted by molar-refractivity contribution is -0.130. The lowest BCUT2D eigenvalue weighted by Crippen LogP contribution is -2.44. The van der Waals surface area contributed by atoms with E-state index < -0.39 is 0 Å². The standard InChI is InChI=1S/C21H23ClN2O2.C9H9Cl.C8H18N2O/c1-15-7-8-18(22)13-20(15)24(9-10-25)14-21(26)23(2)19-11-16-5-3-4-6-17(16)12-19;10-9-5-3-8(4-6-9)7-1-2-7;1-9-4-7-10-5-2-8(11)3-6-10/h3-8,10,13,19H,9,11-12,14H2,1-2H3;3-7H,1-2H2;8-9,11H,2-7H2,1H3. The summed E-state index contributed by atoms with van der Waals surface area (Å²) in [7, 11) is 3.82. The summed E-state index contributed by atoms with van der Waals surface area (Å²) in [5.41, 5.74) is 5.88. The van der Waals surface area contributed by atoms with Gasteiger partial charge in [-0.2, -0.15) is 0 Å². The van der Waals surface area contributed by atoms with Crippen LogP contribution in [0, 0.1) is 6.92 Å². The van der Waals surface area contributed by atoms with Crippen molar-refractivity contribution in [2.75, 3.05) is 58.3 Å². The quantitative estimate of drug-likeness (QED) is 0.250. The molecule has 3 aromatic carbocycles. The zero-order chi connectivity index (χ0) is 33.8. The first-order valence-electron chi connectivity index (χ1n) is 16.8. The highest BCUT2D eigenvalue weighted by Gasteiger charge is 2.28. The maximum absolute atomic E-state index is 12.9. The Balaban J connectivity index is 0.000000194. The lowest BCUT2D eigenvalue weighted by atomic mass is 10.1. The van der Waals surface area contributed by atoms with Gasteiger partial charge < -0.3 is 29.9 Å². The van der Waals surface area contributed by atoms with E-state index >= 15 is 0 Å². The molecule has 0 radical (unpaired) electrons. The van der Waals surface area contributed by atoms with Crippen LogP contribution in [0.1, 0.15) is 53.9 Å². The zero-order valence-corrected chi connectivity index (χ0v) is 29.5. The minimum atomic E-state index is -0.0409. The van der Waals surface area contributed by atoms with Crippen molar-refractivity contribution in [1.82, 2.24) is 15.1 Å². The maximum Gasteiger partial charge on any atom is 0.242 e. The summed E-state index contributed by atoms with van der Waals surface area (Å²) >= 11 is 11.8. The van der Waals surface area contributed by atoms with E-state index in [9.17, 15) is 14.7 Å². The van der Waals surface area contributed by atoms with E-state index in [2.05, 4.69) is 34.5 Å². The van der Waals surface area contributed by atoms with E-state index in [0.29, 0.717) is 5.02 Å². The number of aryl methyl sites for hydroxylation is 1. The second kappa shape index (κ2) is 18.6. The highest BCUT2D eigenvalue weighted by atomic mass is 35.5. The molecule has 0 spiro atoms. The predicted octanol–water partition coefficient (Wildman–Crippen LogP) is 6.16. The first-order valence-corrected chi connectivity index (χ1v) is 17.5. The van der Waals surface area contributed by atoms with Crippen molar-refractivity contribution in [2.45, 2.75) is 63.5 Å². The molecule has 3 aliphatic rings. The topological polar surface area (TPSA) is 76.1 Å². The first kappa shape index (κ1) is 36.9. The predicted molar refractivity (Wildman–Crippen MR) is 194 cm³/mol. The van der Waals surface area contributed by atoms with Crippen LogP contribution < -0.4 is 10.2 Å². The second-order valence-corrected chi connectivity index (χ2v) is 13.7. The van der Waals surface area contributed by atoms with Crippen molar-refractivity contribution in [1.29, 1.82) is 0 Å². The molecule has 6 rings (SSSR count). The number of benzene rings is 3. The minimum absolute atomic E-state index is 0.00373. The van der Waals surface area contributed by atoms with E-state index in [0.717, 1.165) is 80.3 Å². The number of aliphatic hydroxyl groups excluding tert-OH is 1. The van der Waals surface area contributed by atoms with E-state index in [1.165, 1.54) is 29.5 Å². The Morgan fingerprint density at radius 2 is 1.57 bits per heavy atom. The van der Waals surface area contributed by atoms with Gasteiger partial charge >= 0.3 is 0 Å². The molecule has 1 saturated carbocycles. The van der Waals surface area contributed by atoms with Crippen LogP contribution in [0.5, 0.6) is 0 Å². The number of aldehydes is 1. The van der Waals surface area contributed by atoms with Gasteiger partial charge in [-0.25, -0.2) is 0 Å². The van der Waals surface area contributed by atoms with Crippen LogP contribution in [-0.4, -0.2) is 92.6 Å². The molecule has 47 heavy (non-hydrogen) atoms. The molecular weight excluding hydrogens is 631 g/mol. The van der Waals surface area contributed by atoms with Crippen LogP contribution in [0.25, 0.3) is 0 Å². The van der Waals surface area contributed by atoms with Crippen LogP contribution in [0.4, 0.5) is 5.69 Å². The van der Waals surface area contributed by atoms with Gasteiger partial charge in [0.05, 0.1) is 19.2 Å². The van der Waals surface area contributed by atoms with Crippen molar-refractivity contribution in [3.05, 3.63) is 99.0 Å². The van der Waals surface area contributed by atoms with Crippen LogP contribution in [-0.2, 0) is 22.4 Å². The summed E-state index contributed by atoms with van der Waals surface area (Å²) in [6.45, 7) is 6.55. The van der Waals surface area contributed by atoms with Crippen molar-refractivity contribution in [3.63, 3.8) is 0 Å². The van der Waals surface area contributed by atoms with Gasteiger partial charge in [-0.1, -0.05) is 65.7 Å². The SMILES string of the molecule is CNCCN1CCC(O)CC1.Cc1ccc(Cl)cc1N(CC=O)CC(=O)N(C)C1Cc2ccccc2C1.Clc1ccc(C2CC2)cc1. The molecule has 0 unspecified atom stereocenters. The molecule has 1 saturated heterocycles. The van der Waals surface area contributed by atoms with Crippen LogP contribution >= 0.6 is 23.2 Å². The number of halogens is 2.